The number of primary amides is 1. The predicted octanol–water partition coefficient (Wildman–Crippen LogP) is 2.94. The lowest BCUT2D eigenvalue weighted by Gasteiger charge is -2.32. The number of carbonyl (C=O) groups excluding carboxylic acids is 1. The lowest BCUT2D eigenvalue weighted by molar-refractivity contribution is -0.122. The van der Waals surface area contributed by atoms with E-state index in [1.807, 2.05) is 24.3 Å². The van der Waals surface area contributed by atoms with Crippen LogP contribution in [0.15, 0.2) is 47.6 Å². The Labute approximate surface area is 211 Å². The number of benzene rings is 1. The van der Waals surface area contributed by atoms with E-state index in [1.165, 1.54) is 6.07 Å². The third-order valence-electron chi connectivity index (χ3n) is 6.63. The number of aromatic nitrogens is 1. The number of halogens is 2. The molecule has 2 fully saturated rings. The second-order valence-electron chi connectivity index (χ2n) is 8.69. The largest absolute Gasteiger partial charge is 0.369 e. The van der Waals surface area contributed by atoms with E-state index in [2.05, 4.69) is 25.5 Å². The minimum atomic E-state index is -0.216. The van der Waals surface area contributed by atoms with Gasteiger partial charge in [-0.2, -0.15) is 0 Å². The van der Waals surface area contributed by atoms with E-state index in [9.17, 15) is 9.18 Å². The molecule has 1 saturated heterocycles. The minimum Gasteiger partial charge on any atom is -0.369 e. The van der Waals surface area contributed by atoms with Gasteiger partial charge >= 0.3 is 0 Å². The molecule has 1 aliphatic carbocycles. The molecule has 1 amide bonds. The van der Waals surface area contributed by atoms with Crippen LogP contribution in [-0.4, -0.2) is 43.5 Å². The highest BCUT2D eigenvalue weighted by Gasteiger charge is 2.45. The zero-order valence-electron chi connectivity index (χ0n) is 18.9. The molecule has 1 aliphatic heterocycles. The van der Waals surface area contributed by atoms with Crippen molar-refractivity contribution in [3.63, 3.8) is 0 Å². The van der Waals surface area contributed by atoms with Gasteiger partial charge in [0.2, 0.25) is 5.91 Å². The van der Waals surface area contributed by atoms with Crippen molar-refractivity contribution in [2.24, 2.45) is 16.6 Å². The van der Waals surface area contributed by atoms with Crippen molar-refractivity contribution in [2.75, 3.05) is 31.6 Å². The van der Waals surface area contributed by atoms with Crippen molar-refractivity contribution >= 4 is 41.7 Å². The molecule has 9 heteroatoms. The van der Waals surface area contributed by atoms with Crippen LogP contribution in [0.5, 0.6) is 0 Å². The number of rotatable bonds is 7. The maximum absolute atomic E-state index is 14.3. The zero-order chi connectivity index (χ0) is 22.6. The van der Waals surface area contributed by atoms with Crippen molar-refractivity contribution in [1.29, 1.82) is 0 Å². The molecule has 1 aromatic heterocycles. The van der Waals surface area contributed by atoms with E-state index < -0.39 is 0 Å². The summed E-state index contributed by atoms with van der Waals surface area (Å²) in [6.45, 7) is 2.71. The summed E-state index contributed by atoms with van der Waals surface area (Å²) in [7, 11) is 1.73. The number of aliphatic imine (C=N–C) groups is 1. The Kier molecular flexibility index (Phi) is 8.50. The first-order valence-corrected chi connectivity index (χ1v) is 11.2. The number of pyridine rings is 1. The van der Waals surface area contributed by atoms with Crippen molar-refractivity contribution in [1.82, 2.24) is 15.6 Å². The normalized spacial score (nSPS) is 17.8. The van der Waals surface area contributed by atoms with Gasteiger partial charge in [-0.3, -0.25) is 9.79 Å². The summed E-state index contributed by atoms with van der Waals surface area (Å²) >= 11 is 0. The summed E-state index contributed by atoms with van der Waals surface area (Å²) in [5.41, 5.74) is 7.14. The second-order valence-corrected chi connectivity index (χ2v) is 8.69. The third kappa shape index (κ3) is 5.93. The fourth-order valence-electron chi connectivity index (χ4n) is 4.46. The van der Waals surface area contributed by atoms with Gasteiger partial charge in [0.15, 0.2) is 5.96 Å². The monoisotopic (exact) mass is 566 g/mol. The summed E-state index contributed by atoms with van der Waals surface area (Å²) < 4.78 is 14.3. The molecule has 7 nitrogen and oxygen atoms in total. The Bertz CT molecular complexity index is 988. The molecule has 0 spiro atoms. The predicted molar refractivity (Wildman–Crippen MR) is 139 cm³/mol. The van der Waals surface area contributed by atoms with Crippen molar-refractivity contribution in [3.05, 3.63) is 59.5 Å². The molecule has 2 heterocycles. The van der Waals surface area contributed by atoms with Crippen LogP contribution in [0.25, 0.3) is 0 Å². The Morgan fingerprint density at radius 3 is 2.58 bits per heavy atom. The second kappa shape index (κ2) is 11.1. The first kappa shape index (κ1) is 25.2. The van der Waals surface area contributed by atoms with Gasteiger partial charge in [-0.1, -0.05) is 24.3 Å². The fourth-order valence-corrected chi connectivity index (χ4v) is 4.46. The van der Waals surface area contributed by atoms with E-state index >= 15 is 0 Å². The van der Waals surface area contributed by atoms with E-state index in [0.29, 0.717) is 19.0 Å². The topological polar surface area (TPSA) is 95.6 Å². The smallest absolute Gasteiger partial charge is 0.220 e. The molecule has 0 atom stereocenters. The van der Waals surface area contributed by atoms with Crippen LogP contribution in [0.3, 0.4) is 0 Å². The highest BCUT2D eigenvalue weighted by Crippen LogP contribution is 2.48. The molecule has 2 aliphatic rings. The summed E-state index contributed by atoms with van der Waals surface area (Å²) in [6, 6.07) is 11.0. The first-order valence-electron chi connectivity index (χ1n) is 11.2. The standard InChI is InChI=1S/C24H31FN6O.HI/c1-27-23(30-16-24(10-11-24)19-6-2-3-7-20(19)25)29-15-18-5-4-12-28-22(18)31-13-8-17(9-14-31)21(26)32;/h2-7,12,17H,8-11,13-16H2,1H3,(H2,26,32)(H2,27,29,30);1H. The van der Waals surface area contributed by atoms with Crippen LogP contribution in [0, 0.1) is 11.7 Å². The highest BCUT2D eigenvalue weighted by atomic mass is 127. The molecule has 4 rings (SSSR count). The number of nitrogens with one attached hydrogen (secondary N) is 2. The highest BCUT2D eigenvalue weighted by molar-refractivity contribution is 14.0. The Morgan fingerprint density at radius 1 is 1.21 bits per heavy atom. The van der Waals surface area contributed by atoms with E-state index in [4.69, 9.17) is 5.73 Å². The van der Waals surface area contributed by atoms with Gasteiger partial charge in [0, 0.05) is 56.3 Å². The van der Waals surface area contributed by atoms with Crippen molar-refractivity contribution in [3.8, 4) is 0 Å². The summed E-state index contributed by atoms with van der Waals surface area (Å²) in [6.07, 6.45) is 5.22. The summed E-state index contributed by atoms with van der Waals surface area (Å²) in [5, 5.41) is 6.74. The van der Waals surface area contributed by atoms with Crippen LogP contribution >= 0.6 is 24.0 Å². The maximum atomic E-state index is 14.3. The molecule has 0 radical (unpaired) electrons. The van der Waals surface area contributed by atoms with E-state index in [0.717, 1.165) is 55.7 Å². The van der Waals surface area contributed by atoms with Crippen LogP contribution in [0.1, 0.15) is 36.8 Å². The molecule has 1 aromatic carbocycles. The number of hydrogen-bond acceptors (Lipinski definition) is 4. The summed E-state index contributed by atoms with van der Waals surface area (Å²) in [4.78, 5) is 22.6. The number of piperidine rings is 1. The van der Waals surface area contributed by atoms with Crippen LogP contribution in [0.2, 0.25) is 0 Å². The molecule has 0 bridgehead atoms. The first-order chi connectivity index (χ1) is 15.5. The molecule has 33 heavy (non-hydrogen) atoms. The number of anilines is 1. The Balaban J connectivity index is 0.00000306. The maximum Gasteiger partial charge on any atom is 0.220 e. The molecular weight excluding hydrogens is 534 g/mol. The van der Waals surface area contributed by atoms with Crippen LogP contribution in [-0.2, 0) is 16.8 Å². The Morgan fingerprint density at radius 2 is 1.94 bits per heavy atom. The van der Waals surface area contributed by atoms with Gasteiger partial charge in [0.25, 0.3) is 0 Å². The van der Waals surface area contributed by atoms with Gasteiger partial charge in [-0.15, -0.1) is 24.0 Å². The van der Waals surface area contributed by atoms with Gasteiger partial charge in [-0.05, 0) is 43.4 Å². The number of guanidine groups is 1. The van der Waals surface area contributed by atoms with Gasteiger partial charge in [-0.25, -0.2) is 9.37 Å². The molecular formula is C24H32FIN6O. The van der Waals surface area contributed by atoms with Gasteiger partial charge in [0.1, 0.15) is 11.6 Å². The average Bonchev–Trinajstić information content (AvgIpc) is 3.60. The summed E-state index contributed by atoms with van der Waals surface area (Å²) in [5.74, 6) is 1.18. The SMILES string of the molecule is CN=C(NCc1cccnc1N1CCC(C(N)=O)CC1)NCC1(c2ccccc2F)CC1.I. The van der Waals surface area contributed by atoms with Crippen LogP contribution in [0.4, 0.5) is 10.2 Å². The number of nitrogens with two attached hydrogens (primary N) is 1. The number of carbonyl (C=O) groups is 1. The molecule has 1 saturated carbocycles. The van der Waals surface area contributed by atoms with Gasteiger partial charge < -0.3 is 21.3 Å². The molecule has 0 unspecified atom stereocenters. The van der Waals surface area contributed by atoms with Crippen molar-refractivity contribution in [2.45, 2.75) is 37.6 Å². The van der Waals surface area contributed by atoms with Crippen molar-refractivity contribution < 1.29 is 9.18 Å². The van der Waals surface area contributed by atoms with E-state index in [-0.39, 0.29) is 47.0 Å². The lowest BCUT2D eigenvalue weighted by Crippen LogP contribution is -2.42. The zero-order valence-corrected chi connectivity index (χ0v) is 21.2. The molecule has 2 aromatic rings. The Hall–Kier alpha value is -2.43. The third-order valence-corrected chi connectivity index (χ3v) is 6.63. The number of hydrogen-bond donors (Lipinski definition) is 3. The lowest BCUT2D eigenvalue weighted by atomic mass is 9.95. The molecule has 4 N–H and O–H groups in total. The minimum absolute atomic E-state index is 0. The quantitative estimate of drug-likeness (QED) is 0.272. The number of amides is 1. The van der Waals surface area contributed by atoms with E-state index in [1.54, 1.807) is 19.3 Å². The average molecular weight is 566 g/mol. The van der Waals surface area contributed by atoms with Crippen LogP contribution < -0.4 is 21.3 Å². The fraction of sp³-hybridized carbons (Fsp3) is 0.458. The van der Waals surface area contributed by atoms with Gasteiger partial charge in [0.05, 0.1) is 0 Å². The number of nitrogens with zero attached hydrogens (tertiary/aromatic N) is 3. The molecule has 178 valence electrons.